The van der Waals surface area contributed by atoms with Crippen LogP contribution in [-0.2, 0) is 23.5 Å². The van der Waals surface area contributed by atoms with Crippen molar-refractivity contribution in [2.24, 2.45) is 17.3 Å². The maximum absolute atomic E-state index is 14.4. The number of aliphatic hydroxyl groups excluding tert-OH is 1. The molecule has 1 aromatic heterocycles. The molecule has 4 rings (SSSR count). The van der Waals surface area contributed by atoms with E-state index in [1.807, 2.05) is 45.9 Å². The Morgan fingerprint density at radius 1 is 1.22 bits per heavy atom. The molecule has 2 aliphatic heterocycles. The zero-order valence-corrected chi connectivity index (χ0v) is 30.9. The van der Waals surface area contributed by atoms with Gasteiger partial charge in [0.05, 0.1) is 45.6 Å². The summed E-state index contributed by atoms with van der Waals surface area (Å²) in [4.78, 5) is 33.1. The van der Waals surface area contributed by atoms with Gasteiger partial charge in [-0.2, -0.15) is 0 Å². The third kappa shape index (κ3) is 7.98. The lowest BCUT2D eigenvalue weighted by atomic mass is 9.71. The van der Waals surface area contributed by atoms with E-state index in [0.29, 0.717) is 12.8 Å². The number of aliphatic hydroxyl groups is 1. The number of ketones is 1. The van der Waals surface area contributed by atoms with Gasteiger partial charge in [-0.25, -0.2) is 4.98 Å². The Bertz CT molecular complexity index is 1400. The summed E-state index contributed by atoms with van der Waals surface area (Å²) in [5.74, 6) is -1.26. The van der Waals surface area contributed by atoms with E-state index in [1.54, 1.807) is 17.4 Å². The van der Waals surface area contributed by atoms with Crippen molar-refractivity contribution in [2.75, 3.05) is 0 Å². The van der Waals surface area contributed by atoms with E-state index >= 15 is 0 Å². The molecule has 250 valence electrons. The number of hydrogen-bond acceptors (Lipinski definition) is 8. The van der Waals surface area contributed by atoms with Crippen LogP contribution in [0.25, 0.3) is 10.2 Å². The number of ether oxygens (including phenoxy) is 2. The molecule has 0 radical (unpaired) electrons. The quantitative estimate of drug-likeness (QED) is 0.149. The number of cyclic esters (lactones) is 1. The second-order valence-electron chi connectivity index (χ2n) is 15.7. The van der Waals surface area contributed by atoms with Gasteiger partial charge in [-0.3, -0.25) is 9.59 Å². The standard InChI is InChI=1S/C36H55NO6SSi/c1-12-14-25-32(39)22(2)15-13-18-36(9)30(42-36)20-27(24-16-17-28-26(19-24)37-23(3)44-28)41-31(38)21-29(35(7,8)33(25)40)43-45(10,11)34(4,5)6/h12,16-17,19,22,25,27,29-30,32,39H,1,13-15,18,20-21H2,2-11H3/t22-,25?,27-,29?,30-,32-,36+/m0/s1. The molecule has 0 amide bonds. The van der Waals surface area contributed by atoms with Gasteiger partial charge in [0.15, 0.2) is 8.32 Å². The van der Waals surface area contributed by atoms with E-state index in [1.165, 1.54) is 0 Å². The van der Waals surface area contributed by atoms with Crippen molar-refractivity contribution < 1.29 is 28.6 Å². The average molecular weight is 658 g/mol. The van der Waals surface area contributed by atoms with Crippen LogP contribution in [0, 0.1) is 24.2 Å². The SMILES string of the molecule is C=CCC1C(=O)C(C)(C)C(O[Si](C)(C)C(C)(C)C)CC(=O)O[C@H](c2ccc3sc(C)nc3c2)C[C@@H]2O[C@]2(C)CCC[C@H](C)[C@@H]1O. The highest BCUT2D eigenvalue weighted by molar-refractivity contribution is 7.18. The van der Waals surface area contributed by atoms with E-state index in [4.69, 9.17) is 13.9 Å². The fraction of sp³-hybridized carbons (Fsp3) is 0.694. The third-order valence-corrected chi connectivity index (χ3v) is 16.2. The number of benzene rings is 1. The minimum atomic E-state index is -2.43. The fourth-order valence-corrected chi connectivity index (χ4v) is 8.66. The fourth-order valence-electron chi connectivity index (χ4n) is 6.41. The topological polar surface area (TPSA) is 98.3 Å². The Morgan fingerprint density at radius 3 is 2.56 bits per heavy atom. The van der Waals surface area contributed by atoms with E-state index in [0.717, 1.165) is 40.1 Å². The van der Waals surface area contributed by atoms with Crippen LogP contribution in [0.3, 0.4) is 0 Å². The van der Waals surface area contributed by atoms with Gasteiger partial charge in [-0.05, 0) is 74.9 Å². The molecular weight excluding hydrogens is 603 g/mol. The van der Waals surface area contributed by atoms with Crippen LogP contribution in [0.1, 0.15) is 104 Å². The molecule has 2 unspecified atom stereocenters. The Balaban J connectivity index is 1.74. The number of aryl methyl sites for hydroxylation is 1. The largest absolute Gasteiger partial charge is 0.457 e. The molecule has 3 heterocycles. The number of rotatable bonds is 5. The van der Waals surface area contributed by atoms with Crippen molar-refractivity contribution >= 4 is 41.6 Å². The number of Topliss-reactive ketones (excluding diaryl/α,β-unsaturated/α-hetero) is 1. The molecule has 0 bridgehead atoms. The average Bonchev–Trinajstić information content (AvgIpc) is 3.40. The van der Waals surface area contributed by atoms with E-state index in [2.05, 4.69) is 52.4 Å². The lowest BCUT2D eigenvalue weighted by molar-refractivity contribution is -0.156. The van der Waals surface area contributed by atoms with E-state index in [-0.39, 0.29) is 34.9 Å². The van der Waals surface area contributed by atoms with E-state index in [9.17, 15) is 14.7 Å². The monoisotopic (exact) mass is 657 g/mol. The van der Waals surface area contributed by atoms with Crippen molar-refractivity contribution in [1.29, 1.82) is 0 Å². The van der Waals surface area contributed by atoms with Crippen LogP contribution in [0.2, 0.25) is 18.1 Å². The molecule has 2 fully saturated rings. The maximum Gasteiger partial charge on any atom is 0.309 e. The van der Waals surface area contributed by atoms with Gasteiger partial charge in [0.1, 0.15) is 11.9 Å². The van der Waals surface area contributed by atoms with Crippen LogP contribution in [0.15, 0.2) is 30.9 Å². The molecule has 1 N–H and O–H groups in total. The number of epoxide rings is 1. The third-order valence-electron chi connectivity index (χ3n) is 10.7. The summed E-state index contributed by atoms with van der Waals surface area (Å²) < 4.78 is 20.6. The highest BCUT2D eigenvalue weighted by Gasteiger charge is 2.53. The summed E-state index contributed by atoms with van der Waals surface area (Å²) in [5, 5.41) is 12.4. The number of hydrogen-bond donors (Lipinski definition) is 1. The molecule has 2 aliphatic rings. The highest BCUT2D eigenvalue weighted by atomic mass is 32.1. The number of allylic oxidation sites excluding steroid dienone is 1. The van der Waals surface area contributed by atoms with E-state index < -0.39 is 43.9 Å². The maximum atomic E-state index is 14.4. The summed E-state index contributed by atoms with van der Waals surface area (Å²) in [6, 6.07) is 6.09. The molecule has 7 nitrogen and oxygen atoms in total. The highest BCUT2D eigenvalue weighted by Crippen LogP contribution is 2.47. The van der Waals surface area contributed by atoms with Crippen LogP contribution < -0.4 is 0 Å². The second kappa shape index (κ2) is 13.3. The number of aromatic nitrogens is 1. The summed E-state index contributed by atoms with van der Waals surface area (Å²) >= 11 is 1.64. The van der Waals surface area contributed by atoms with Gasteiger partial charge in [-0.1, -0.05) is 60.1 Å². The van der Waals surface area contributed by atoms with Gasteiger partial charge in [0, 0.05) is 17.8 Å². The molecule has 0 spiro atoms. The first-order valence-corrected chi connectivity index (χ1v) is 20.3. The lowest BCUT2D eigenvalue weighted by Crippen LogP contribution is -2.53. The number of carbonyl (C=O) groups excluding carboxylic acids is 2. The first kappa shape index (κ1) is 35.9. The van der Waals surface area contributed by atoms with Gasteiger partial charge in [0.25, 0.3) is 0 Å². The minimum absolute atomic E-state index is 0.0536. The lowest BCUT2D eigenvalue weighted by Gasteiger charge is -2.45. The number of fused-ring (bicyclic) bond motifs is 2. The van der Waals surface area contributed by atoms with Crippen molar-refractivity contribution in [2.45, 2.75) is 142 Å². The molecular formula is C36H55NO6SSi. The molecule has 45 heavy (non-hydrogen) atoms. The molecule has 7 atom stereocenters. The Morgan fingerprint density at radius 2 is 1.91 bits per heavy atom. The van der Waals surface area contributed by atoms with Gasteiger partial charge < -0.3 is 19.0 Å². The zero-order chi connectivity index (χ0) is 33.5. The molecule has 1 aromatic carbocycles. The molecule has 9 heteroatoms. The molecule has 0 aliphatic carbocycles. The smallest absolute Gasteiger partial charge is 0.309 e. The Hall–Kier alpha value is -1.91. The van der Waals surface area contributed by atoms with Crippen LogP contribution in [0.5, 0.6) is 0 Å². The summed E-state index contributed by atoms with van der Waals surface area (Å²) in [5.41, 5.74) is 0.398. The number of nitrogens with zero attached hydrogens (tertiary/aromatic N) is 1. The molecule has 2 saturated heterocycles. The van der Waals surface area contributed by atoms with Gasteiger partial charge in [0.2, 0.25) is 0 Å². The normalized spacial score (nSPS) is 32.2. The number of esters is 1. The number of thiazole rings is 1. The molecule has 0 saturated carbocycles. The van der Waals surface area contributed by atoms with Crippen molar-refractivity contribution in [3.05, 3.63) is 41.4 Å². The first-order chi connectivity index (χ1) is 20.8. The van der Waals surface area contributed by atoms with Gasteiger partial charge >= 0.3 is 5.97 Å². The summed E-state index contributed by atoms with van der Waals surface area (Å²) in [6.07, 6.45) is 2.84. The summed E-state index contributed by atoms with van der Waals surface area (Å²) in [7, 11) is -2.43. The predicted molar refractivity (Wildman–Crippen MR) is 184 cm³/mol. The number of carbonyl (C=O) groups is 2. The summed E-state index contributed by atoms with van der Waals surface area (Å²) in [6.45, 7) is 24.4. The van der Waals surface area contributed by atoms with Gasteiger partial charge in [-0.15, -0.1) is 17.9 Å². The van der Waals surface area contributed by atoms with Crippen LogP contribution in [-0.4, -0.2) is 54.1 Å². The Labute approximate surface area is 275 Å². The molecule has 2 aromatic rings. The minimum Gasteiger partial charge on any atom is -0.457 e. The Kier molecular flexibility index (Phi) is 10.6. The zero-order valence-electron chi connectivity index (χ0n) is 29.1. The predicted octanol–water partition coefficient (Wildman–Crippen LogP) is 8.49. The van der Waals surface area contributed by atoms with Crippen molar-refractivity contribution in [1.82, 2.24) is 4.98 Å². The van der Waals surface area contributed by atoms with Crippen molar-refractivity contribution in [3.8, 4) is 0 Å². The van der Waals surface area contributed by atoms with Crippen molar-refractivity contribution in [3.63, 3.8) is 0 Å². The van der Waals surface area contributed by atoms with Crippen LogP contribution >= 0.6 is 11.3 Å². The second-order valence-corrected chi connectivity index (χ2v) is 21.7. The first-order valence-electron chi connectivity index (χ1n) is 16.5. The van der Waals surface area contributed by atoms with Crippen LogP contribution in [0.4, 0.5) is 0 Å².